The van der Waals surface area contributed by atoms with Gasteiger partial charge >= 0.3 is 0 Å². The van der Waals surface area contributed by atoms with Crippen LogP contribution in [0.25, 0.3) is 0 Å². The number of rotatable bonds is 4. The minimum absolute atomic E-state index is 0.0192. The van der Waals surface area contributed by atoms with Gasteiger partial charge < -0.3 is 9.88 Å². The number of hydrogen-bond acceptors (Lipinski definition) is 3. The fourth-order valence-corrected chi connectivity index (χ4v) is 2.75. The van der Waals surface area contributed by atoms with Gasteiger partial charge in [-0.1, -0.05) is 0 Å². The monoisotopic (exact) mass is 304 g/mol. The highest BCUT2D eigenvalue weighted by Gasteiger charge is 2.25. The van der Waals surface area contributed by atoms with Crippen LogP contribution in [-0.4, -0.2) is 24.9 Å². The molecule has 1 fully saturated rings. The lowest BCUT2D eigenvalue weighted by molar-refractivity contribution is 0.0906. The second-order valence-corrected chi connectivity index (χ2v) is 7.67. The average Bonchev–Trinajstić information content (AvgIpc) is 2.67. The Morgan fingerprint density at radius 1 is 1.47 bits per heavy atom. The third-order valence-corrected chi connectivity index (χ3v) is 4.66. The zero-order valence-corrected chi connectivity index (χ0v) is 12.5. The second-order valence-electron chi connectivity index (χ2n) is 5.10. The Kier molecular flexibility index (Phi) is 3.92. The van der Waals surface area contributed by atoms with Crippen LogP contribution in [0.4, 0.5) is 0 Å². The van der Waals surface area contributed by atoms with E-state index in [0.29, 0.717) is 5.69 Å². The summed E-state index contributed by atoms with van der Waals surface area (Å²) in [7, 11) is 1.50. The Morgan fingerprint density at radius 3 is 2.53 bits per heavy atom. The summed E-state index contributed by atoms with van der Waals surface area (Å²) in [5.41, 5.74) is 0.334. The molecule has 1 aliphatic carbocycles. The van der Waals surface area contributed by atoms with E-state index >= 15 is 0 Å². The highest BCUT2D eigenvalue weighted by molar-refractivity contribution is 8.13. The van der Waals surface area contributed by atoms with Gasteiger partial charge in [-0.05, 0) is 39.2 Å². The van der Waals surface area contributed by atoms with E-state index in [-0.39, 0.29) is 22.9 Å². The van der Waals surface area contributed by atoms with Gasteiger partial charge in [-0.2, -0.15) is 0 Å². The van der Waals surface area contributed by atoms with Gasteiger partial charge in [0.1, 0.15) is 10.6 Å². The Balaban J connectivity index is 2.31. The smallest absolute Gasteiger partial charge is 0.268 e. The van der Waals surface area contributed by atoms with Crippen molar-refractivity contribution in [1.29, 1.82) is 0 Å². The van der Waals surface area contributed by atoms with Crippen LogP contribution in [0.15, 0.2) is 17.2 Å². The third-order valence-electron chi connectivity index (χ3n) is 3.33. The molecule has 2 rings (SSSR count). The van der Waals surface area contributed by atoms with E-state index in [4.69, 9.17) is 10.7 Å². The van der Waals surface area contributed by atoms with Gasteiger partial charge in [-0.3, -0.25) is 4.79 Å². The van der Waals surface area contributed by atoms with Crippen molar-refractivity contribution in [3.8, 4) is 0 Å². The van der Waals surface area contributed by atoms with Crippen molar-refractivity contribution in [3.63, 3.8) is 0 Å². The summed E-state index contributed by atoms with van der Waals surface area (Å²) < 4.78 is 24.3. The van der Waals surface area contributed by atoms with Crippen LogP contribution in [0.2, 0.25) is 0 Å². The molecule has 1 heterocycles. The van der Waals surface area contributed by atoms with Gasteiger partial charge in [-0.25, -0.2) is 8.42 Å². The van der Waals surface area contributed by atoms with E-state index in [1.807, 2.05) is 13.8 Å². The summed E-state index contributed by atoms with van der Waals surface area (Å²) in [6, 6.07) is 1.52. The molecule has 0 bridgehead atoms. The molecule has 1 aliphatic rings. The topological polar surface area (TPSA) is 68.2 Å². The number of aromatic nitrogens is 1. The molecule has 0 atom stereocenters. The summed E-state index contributed by atoms with van der Waals surface area (Å²) in [5.74, 6) is -0.245. The molecule has 1 saturated carbocycles. The van der Waals surface area contributed by atoms with Crippen molar-refractivity contribution in [3.05, 3.63) is 18.0 Å². The number of carbonyl (C=O) groups is 1. The number of nitrogens with zero attached hydrogens (tertiary/aromatic N) is 1. The number of hydrogen-bond donors (Lipinski definition) is 1. The molecule has 0 saturated heterocycles. The van der Waals surface area contributed by atoms with Crippen LogP contribution >= 0.6 is 10.7 Å². The third kappa shape index (κ3) is 3.12. The average molecular weight is 305 g/mol. The predicted molar refractivity (Wildman–Crippen MR) is 73.0 cm³/mol. The normalized spacial score (nSPS) is 16.4. The maximum Gasteiger partial charge on any atom is 0.268 e. The minimum Gasteiger partial charge on any atom is -0.348 e. The lowest BCUT2D eigenvalue weighted by atomic mass is 9.93. The highest BCUT2D eigenvalue weighted by Crippen LogP contribution is 2.23. The van der Waals surface area contributed by atoms with Crippen LogP contribution in [0.5, 0.6) is 0 Å². The molecule has 0 radical (unpaired) electrons. The van der Waals surface area contributed by atoms with Gasteiger partial charge in [0.05, 0.1) is 0 Å². The van der Waals surface area contributed by atoms with Crippen LogP contribution in [-0.2, 0) is 9.05 Å². The van der Waals surface area contributed by atoms with Gasteiger partial charge in [0.25, 0.3) is 15.0 Å². The summed E-state index contributed by atoms with van der Waals surface area (Å²) in [4.78, 5) is 12.1. The van der Waals surface area contributed by atoms with Crippen molar-refractivity contribution in [1.82, 2.24) is 9.88 Å². The summed E-state index contributed by atoms with van der Waals surface area (Å²) in [5, 5.41) is 2.90. The highest BCUT2D eigenvalue weighted by atomic mass is 35.7. The van der Waals surface area contributed by atoms with Crippen molar-refractivity contribution < 1.29 is 13.2 Å². The lowest BCUT2D eigenvalue weighted by Crippen LogP contribution is -2.40. The van der Waals surface area contributed by atoms with Crippen molar-refractivity contribution in [2.24, 2.45) is 0 Å². The van der Waals surface area contributed by atoms with Crippen LogP contribution < -0.4 is 5.32 Å². The first-order valence-electron chi connectivity index (χ1n) is 6.26. The quantitative estimate of drug-likeness (QED) is 0.868. The molecule has 0 unspecified atom stereocenters. The molecule has 1 amide bonds. The van der Waals surface area contributed by atoms with Crippen LogP contribution in [0.1, 0.15) is 49.6 Å². The number of amides is 1. The molecule has 5 nitrogen and oxygen atoms in total. The van der Waals surface area contributed by atoms with Gasteiger partial charge in [0.15, 0.2) is 0 Å². The Bertz CT molecular complexity index is 588. The van der Waals surface area contributed by atoms with Crippen molar-refractivity contribution in [2.75, 3.05) is 0 Å². The number of carbonyl (C=O) groups excluding carboxylic acids is 1. The van der Waals surface area contributed by atoms with E-state index in [9.17, 15) is 13.2 Å². The lowest BCUT2D eigenvalue weighted by Gasteiger charge is -2.26. The van der Waals surface area contributed by atoms with Gasteiger partial charge in [-0.15, -0.1) is 0 Å². The van der Waals surface area contributed by atoms with E-state index < -0.39 is 9.05 Å². The number of nitrogens with one attached hydrogen (secondary N) is 1. The Hall–Kier alpha value is -1.01. The molecule has 0 aromatic carbocycles. The zero-order chi connectivity index (χ0) is 14.2. The SMILES string of the molecule is CC(C)n1cc(S(=O)(=O)Cl)cc1C(=O)NC1CCC1. The van der Waals surface area contributed by atoms with E-state index in [1.54, 1.807) is 4.57 Å². The molecular formula is C12H17ClN2O3S. The molecule has 19 heavy (non-hydrogen) atoms. The first-order valence-corrected chi connectivity index (χ1v) is 8.57. The maximum atomic E-state index is 12.1. The minimum atomic E-state index is -3.82. The van der Waals surface area contributed by atoms with Gasteiger partial charge in [0, 0.05) is 29.0 Å². The molecule has 0 spiro atoms. The molecule has 0 aliphatic heterocycles. The zero-order valence-electron chi connectivity index (χ0n) is 10.9. The fourth-order valence-electron chi connectivity index (χ4n) is 2.01. The molecule has 106 valence electrons. The van der Waals surface area contributed by atoms with Crippen molar-refractivity contribution in [2.45, 2.75) is 50.1 Å². The van der Waals surface area contributed by atoms with E-state index in [1.165, 1.54) is 12.3 Å². The summed E-state index contributed by atoms with van der Waals surface area (Å²) in [6.45, 7) is 3.76. The first-order chi connectivity index (χ1) is 8.79. The molecular weight excluding hydrogens is 288 g/mol. The first kappa shape index (κ1) is 14.4. The van der Waals surface area contributed by atoms with Crippen LogP contribution in [0.3, 0.4) is 0 Å². The molecule has 1 aromatic heterocycles. The van der Waals surface area contributed by atoms with E-state index in [0.717, 1.165) is 19.3 Å². The van der Waals surface area contributed by atoms with Crippen molar-refractivity contribution >= 4 is 25.6 Å². The second kappa shape index (κ2) is 5.17. The molecule has 1 N–H and O–H groups in total. The van der Waals surface area contributed by atoms with E-state index in [2.05, 4.69) is 5.32 Å². The van der Waals surface area contributed by atoms with Gasteiger partial charge in [0.2, 0.25) is 0 Å². The van der Waals surface area contributed by atoms with Crippen LogP contribution in [0, 0.1) is 0 Å². The molecule has 7 heteroatoms. The maximum absolute atomic E-state index is 12.1. The number of halogens is 1. The Morgan fingerprint density at radius 2 is 2.11 bits per heavy atom. The Labute approximate surface area is 117 Å². The fraction of sp³-hybridized carbons (Fsp3) is 0.583. The largest absolute Gasteiger partial charge is 0.348 e. The summed E-state index contributed by atoms with van der Waals surface area (Å²) in [6.07, 6.45) is 4.49. The molecule has 1 aromatic rings. The standard InChI is InChI=1S/C12H17ClN2O3S/c1-8(2)15-7-10(19(13,17)18)6-11(15)12(16)14-9-4-3-5-9/h6-9H,3-5H2,1-2H3,(H,14,16). The predicted octanol–water partition coefficient (Wildman–Crippen LogP) is 2.28. The summed E-state index contributed by atoms with van der Waals surface area (Å²) >= 11 is 0.